The molecule has 24 heavy (non-hydrogen) atoms. The summed E-state index contributed by atoms with van der Waals surface area (Å²) in [5.41, 5.74) is 0.954. The average Bonchev–Trinajstić information content (AvgIpc) is 2.58. The number of nitrogens with one attached hydrogen (secondary N) is 1. The minimum absolute atomic E-state index is 0.00704. The predicted molar refractivity (Wildman–Crippen MR) is 95.8 cm³/mol. The Balaban J connectivity index is 1.74. The Labute approximate surface area is 146 Å². The summed E-state index contributed by atoms with van der Waals surface area (Å²) in [7, 11) is 1.62. The molecule has 0 saturated heterocycles. The van der Waals surface area contributed by atoms with E-state index in [1.54, 1.807) is 24.9 Å². The number of carbonyl (C=O) groups is 1. The lowest BCUT2D eigenvalue weighted by atomic mass is 10.2. The molecule has 1 atom stereocenters. The molecule has 0 radical (unpaired) electrons. The van der Waals surface area contributed by atoms with Gasteiger partial charge in [-0.3, -0.25) is 4.79 Å². The summed E-state index contributed by atoms with van der Waals surface area (Å²) in [6, 6.07) is 14.2. The SMILES string of the molecule is COc1ccccc1CNC(=O)CCC(C)Sc1cccc(F)c1. The highest BCUT2D eigenvalue weighted by atomic mass is 32.2. The normalized spacial score (nSPS) is 11.8. The van der Waals surface area contributed by atoms with Crippen LogP contribution in [-0.4, -0.2) is 18.3 Å². The zero-order valence-corrected chi connectivity index (χ0v) is 14.7. The second-order valence-electron chi connectivity index (χ2n) is 5.51. The summed E-state index contributed by atoms with van der Waals surface area (Å²) in [5, 5.41) is 3.15. The van der Waals surface area contributed by atoms with E-state index in [2.05, 4.69) is 5.32 Å². The Morgan fingerprint density at radius 2 is 2.04 bits per heavy atom. The van der Waals surface area contributed by atoms with E-state index >= 15 is 0 Å². The monoisotopic (exact) mass is 347 g/mol. The third kappa shape index (κ3) is 5.89. The molecule has 1 amide bonds. The molecule has 128 valence electrons. The van der Waals surface area contributed by atoms with Crippen LogP contribution in [-0.2, 0) is 11.3 Å². The van der Waals surface area contributed by atoms with Crippen molar-refractivity contribution < 1.29 is 13.9 Å². The van der Waals surface area contributed by atoms with Gasteiger partial charge in [0, 0.05) is 28.7 Å². The number of methoxy groups -OCH3 is 1. The molecule has 1 unspecified atom stereocenters. The Bertz CT molecular complexity index is 678. The van der Waals surface area contributed by atoms with Crippen LogP contribution in [0.2, 0.25) is 0 Å². The van der Waals surface area contributed by atoms with Crippen LogP contribution in [0, 0.1) is 5.82 Å². The molecule has 0 heterocycles. The van der Waals surface area contributed by atoms with Gasteiger partial charge in [0.25, 0.3) is 0 Å². The van der Waals surface area contributed by atoms with Crippen molar-refractivity contribution in [3.05, 3.63) is 59.9 Å². The molecular weight excluding hydrogens is 325 g/mol. The van der Waals surface area contributed by atoms with Gasteiger partial charge in [-0.25, -0.2) is 4.39 Å². The fourth-order valence-electron chi connectivity index (χ4n) is 2.30. The highest BCUT2D eigenvalue weighted by Gasteiger charge is 2.10. The van der Waals surface area contributed by atoms with Crippen molar-refractivity contribution in [3.8, 4) is 5.75 Å². The molecule has 0 aliphatic carbocycles. The molecule has 0 aliphatic rings. The van der Waals surface area contributed by atoms with Crippen LogP contribution >= 0.6 is 11.8 Å². The fraction of sp³-hybridized carbons (Fsp3) is 0.316. The standard InChI is InChI=1S/C19H22FNO2S/c1-14(24-17-8-5-7-16(20)12-17)10-11-19(22)21-13-15-6-3-4-9-18(15)23-2/h3-9,12,14H,10-11,13H2,1-2H3,(H,21,22). The lowest BCUT2D eigenvalue weighted by Gasteiger charge is -2.12. The molecule has 5 heteroatoms. The van der Waals surface area contributed by atoms with Crippen LogP contribution in [0.25, 0.3) is 0 Å². The smallest absolute Gasteiger partial charge is 0.220 e. The van der Waals surface area contributed by atoms with Crippen molar-refractivity contribution in [2.24, 2.45) is 0 Å². The zero-order chi connectivity index (χ0) is 17.4. The Hall–Kier alpha value is -2.01. The second kappa shape index (κ2) is 9.33. The number of benzene rings is 2. The lowest BCUT2D eigenvalue weighted by Crippen LogP contribution is -2.23. The molecule has 0 spiro atoms. The quantitative estimate of drug-likeness (QED) is 0.719. The van der Waals surface area contributed by atoms with Crippen molar-refractivity contribution in [1.82, 2.24) is 5.32 Å². The summed E-state index contributed by atoms with van der Waals surface area (Å²) < 4.78 is 18.4. The minimum Gasteiger partial charge on any atom is -0.496 e. The zero-order valence-electron chi connectivity index (χ0n) is 13.9. The molecular formula is C19H22FNO2S. The van der Waals surface area contributed by atoms with E-state index in [-0.39, 0.29) is 17.0 Å². The number of ether oxygens (including phenoxy) is 1. The number of rotatable bonds is 8. The predicted octanol–water partition coefficient (Wildman–Crippen LogP) is 4.41. The van der Waals surface area contributed by atoms with E-state index in [1.807, 2.05) is 37.3 Å². The van der Waals surface area contributed by atoms with Gasteiger partial charge in [0.2, 0.25) is 5.91 Å². The molecule has 0 saturated carbocycles. The third-order valence-corrected chi connectivity index (χ3v) is 4.74. The number of para-hydroxylation sites is 1. The molecule has 2 aromatic carbocycles. The highest BCUT2D eigenvalue weighted by molar-refractivity contribution is 7.99. The van der Waals surface area contributed by atoms with Crippen LogP contribution in [0.4, 0.5) is 4.39 Å². The number of hydrogen-bond donors (Lipinski definition) is 1. The highest BCUT2D eigenvalue weighted by Crippen LogP contribution is 2.26. The molecule has 2 rings (SSSR count). The van der Waals surface area contributed by atoms with E-state index in [0.29, 0.717) is 13.0 Å². The minimum atomic E-state index is -0.234. The maximum Gasteiger partial charge on any atom is 0.220 e. The number of thioether (sulfide) groups is 1. The van der Waals surface area contributed by atoms with E-state index in [0.717, 1.165) is 22.6 Å². The van der Waals surface area contributed by atoms with Gasteiger partial charge in [-0.05, 0) is 30.7 Å². The summed E-state index contributed by atoms with van der Waals surface area (Å²) >= 11 is 1.58. The summed E-state index contributed by atoms with van der Waals surface area (Å²) in [6.07, 6.45) is 1.18. The number of halogens is 1. The van der Waals surface area contributed by atoms with Gasteiger partial charge in [0.05, 0.1) is 7.11 Å². The van der Waals surface area contributed by atoms with Gasteiger partial charge < -0.3 is 10.1 Å². The number of carbonyl (C=O) groups excluding carboxylic acids is 1. The second-order valence-corrected chi connectivity index (χ2v) is 7.02. The van der Waals surface area contributed by atoms with Crippen LogP contribution in [0.5, 0.6) is 5.75 Å². The van der Waals surface area contributed by atoms with Crippen molar-refractivity contribution in [2.75, 3.05) is 7.11 Å². The van der Waals surface area contributed by atoms with Crippen molar-refractivity contribution in [1.29, 1.82) is 0 Å². The van der Waals surface area contributed by atoms with E-state index < -0.39 is 0 Å². The first-order valence-corrected chi connectivity index (χ1v) is 8.77. The topological polar surface area (TPSA) is 38.3 Å². The largest absolute Gasteiger partial charge is 0.496 e. The molecule has 3 nitrogen and oxygen atoms in total. The number of amides is 1. The fourth-order valence-corrected chi connectivity index (χ4v) is 3.34. The molecule has 0 fully saturated rings. The molecule has 0 aliphatic heterocycles. The number of hydrogen-bond acceptors (Lipinski definition) is 3. The Morgan fingerprint density at radius 1 is 1.25 bits per heavy atom. The first-order valence-electron chi connectivity index (χ1n) is 7.89. The van der Waals surface area contributed by atoms with Crippen LogP contribution in [0.3, 0.4) is 0 Å². The maximum absolute atomic E-state index is 13.2. The van der Waals surface area contributed by atoms with Gasteiger partial charge in [-0.2, -0.15) is 0 Å². The van der Waals surface area contributed by atoms with Gasteiger partial charge in [0.15, 0.2) is 0 Å². The van der Waals surface area contributed by atoms with Gasteiger partial charge in [0.1, 0.15) is 11.6 Å². The molecule has 0 aromatic heterocycles. The first-order chi connectivity index (χ1) is 11.6. The summed E-state index contributed by atoms with van der Waals surface area (Å²) in [5.74, 6) is 0.544. The lowest BCUT2D eigenvalue weighted by molar-refractivity contribution is -0.121. The van der Waals surface area contributed by atoms with Crippen molar-refractivity contribution in [3.63, 3.8) is 0 Å². The van der Waals surface area contributed by atoms with Crippen LogP contribution in [0.1, 0.15) is 25.3 Å². The molecule has 1 N–H and O–H groups in total. The van der Waals surface area contributed by atoms with Crippen LogP contribution < -0.4 is 10.1 Å². The van der Waals surface area contributed by atoms with E-state index in [4.69, 9.17) is 4.74 Å². The Morgan fingerprint density at radius 3 is 2.79 bits per heavy atom. The Kier molecular flexibility index (Phi) is 7.12. The molecule has 2 aromatic rings. The van der Waals surface area contributed by atoms with Gasteiger partial charge in [-0.1, -0.05) is 31.2 Å². The van der Waals surface area contributed by atoms with Crippen LogP contribution in [0.15, 0.2) is 53.4 Å². The van der Waals surface area contributed by atoms with E-state index in [1.165, 1.54) is 12.1 Å². The molecule has 0 bridgehead atoms. The van der Waals surface area contributed by atoms with E-state index in [9.17, 15) is 9.18 Å². The van der Waals surface area contributed by atoms with Crippen molar-refractivity contribution in [2.45, 2.75) is 36.5 Å². The van der Waals surface area contributed by atoms with Gasteiger partial charge >= 0.3 is 0 Å². The average molecular weight is 347 g/mol. The van der Waals surface area contributed by atoms with Gasteiger partial charge in [-0.15, -0.1) is 11.8 Å². The third-order valence-electron chi connectivity index (χ3n) is 3.58. The summed E-state index contributed by atoms with van der Waals surface area (Å²) in [6.45, 7) is 2.50. The maximum atomic E-state index is 13.2. The van der Waals surface area contributed by atoms with Crippen molar-refractivity contribution >= 4 is 17.7 Å². The first kappa shape index (κ1) is 18.3. The summed E-state index contributed by atoms with van der Waals surface area (Å²) in [4.78, 5) is 12.9.